The number of rotatable bonds is 12. The minimum absolute atomic E-state index is 0.0642. The third-order valence-electron chi connectivity index (χ3n) is 9.38. The molecule has 4 aromatic rings. The molecule has 1 aliphatic rings. The van der Waals surface area contributed by atoms with Crippen LogP contribution in [0.4, 0.5) is 5.88 Å². The van der Waals surface area contributed by atoms with Gasteiger partial charge in [0.05, 0.1) is 12.0 Å². The quantitative estimate of drug-likeness (QED) is 0.0373. The molecule has 0 saturated heterocycles. The molecule has 1 heterocycles. The molecule has 3 aromatic carbocycles. The van der Waals surface area contributed by atoms with Gasteiger partial charge in [-0.3, -0.25) is 18.9 Å². The monoisotopic (exact) mass is 1020 g/mol. The Bertz CT molecular complexity index is 1960. The number of esters is 2. The van der Waals surface area contributed by atoms with Gasteiger partial charge in [-0.2, -0.15) is 0 Å². The van der Waals surface area contributed by atoms with Gasteiger partial charge in [0.15, 0.2) is 6.04 Å². The highest BCUT2D eigenvalue weighted by Crippen LogP contribution is 2.36. The first-order valence-electron chi connectivity index (χ1n) is 26.9. The van der Waals surface area contributed by atoms with Gasteiger partial charge in [-0.25, -0.2) is 0 Å². The number of anilines is 1. The molecule has 72 heavy (non-hydrogen) atoms. The van der Waals surface area contributed by atoms with Gasteiger partial charge >= 0.3 is 11.9 Å². The van der Waals surface area contributed by atoms with Gasteiger partial charge < -0.3 is 14.8 Å². The van der Waals surface area contributed by atoms with Crippen LogP contribution in [0.15, 0.2) is 102 Å². The maximum absolute atomic E-state index is 12.1. The molecular formula is C62H103N3O6P+. The largest absolute Gasteiger partial charge is 0.462 e. The van der Waals surface area contributed by atoms with Crippen LogP contribution in [0.1, 0.15) is 189 Å². The molecule has 406 valence electrons. The number of nitrogens with zero attached hydrogens (tertiary/aromatic N) is 2. The first-order chi connectivity index (χ1) is 33.6. The second kappa shape index (κ2) is 39.9. The van der Waals surface area contributed by atoms with E-state index in [1.54, 1.807) is 34.6 Å². The predicted molar refractivity (Wildman–Crippen MR) is 309 cm³/mol. The fourth-order valence-corrected chi connectivity index (χ4v) is 8.39. The number of aromatic nitrogens is 2. The minimum atomic E-state index is -0.794. The Labute approximate surface area is 441 Å². The highest BCUT2D eigenvalue weighted by molar-refractivity contribution is 7.80. The van der Waals surface area contributed by atoms with Crippen LogP contribution in [0.3, 0.4) is 0 Å². The molecule has 10 heteroatoms. The van der Waals surface area contributed by atoms with Gasteiger partial charge in [-0.05, 0) is 113 Å². The van der Waals surface area contributed by atoms with Crippen LogP contribution >= 0.6 is 7.92 Å². The molecule has 0 fully saturated rings. The standard InChI is InChI=1S/C22H21O2P.C10H18O3.C9H18N3O.C9H16.3C4H10/c1-17(2)22(23)24-20-15-9-10-16-21(20)25(18-11-5-3-6-12-18)19-13-7-4-8-14-19;1-6(2)9(11)8(5)10(12)13-7(3)4;1-6(2)10-9-8(5)12(7(3)4)11-13-9;1-9-7-5-3-2-4-6-8-9;3*1-4(2)3/h3-17H,1-2H3;6-8H,1-5H3;6-7,10H,1-5H3;2-3,9H,4-8H2,1H3;3*4H,1-3H3/q;;+1;;;;/b;;;3-2+;;;. The first-order valence-corrected chi connectivity index (χ1v) is 28.2. The summed E-state index contributed by atoms with van der Waals surface area (Å²) in [6.45, 7) is 44.5. The molecule has 1 aliphatic carbocycles. The summed E-state index contributed by atoms with van der Waals surface area (Å²) < 4.78 is 17.7. The smallest absolute Gasteiger partial charge is 0.316 e. The molecule has 5 rings (SSSR count). The van der Waals surface area contributed by atoms with E-state index in [9.17, 15) is 14.4 Å². The third-order valence-corrected chi connectivity index (χ3v) is 11.9. The second-order valence-electron chi connectivity index (χ2n) is 21.9. The molecule has 2 atom stereocenters. The van der Waals surface area contributed by atoms with Crippen LogP contribution < -0.4 is 30.6 Å². The summed E-state index contributed by atoms with van der Waals surface area (Å²) in [6, 6.07) is 29.4. The normalized spacial score (nSPS) is 13.8. The van der Waals surface area contributed by atoms with Gasteiger partial charge in [0.2, 0.25) is 5.27 Å². The number of Topliss-reactive ketones (excluding diaryl/α,β-unsaturated/α-hetero) is 1. The molecule has 0 radical (unpaired) electrons. The van der Waals surface area contributed by atoms with E-state index in [1.807, 2.05) is 55.8 Å². The van der Waals surface area contributed by atoms with Gasteiger partial charge in [0.25, 0.3) is 11.6 Å². The van der Waals surface area contributed by atoms with E-state index < -0.39 is 19.8 Å². The van der Waals surface area contributed by atoms with Crippen LogP contribution in [0.5, 0.6) is 5.75 Å². The van der Waals surface area contributed by atoms with Crippen molar-refractivity contribution in [1.82, 2.24) is 5.27 Å². The molecule has 2 unspecified atom stereocenters. The van der Waals surface area contributed by atoms with Crippen molar-refractivity contribution in [3.05, 3.63) is 103 Å². The Morgan fingerprint density at radius 1 is 0.625 bits per heavy atom. The Morgan fingerprint density at radius 2 is 1.08 bits per heavy atom. The summed E-state index contributed by atoms with van der Waals surface area (Å²) in [4.78, 5) is 34.8. The Balaban J connectivity index is 0. The number of hydrogen-bond acceptors (Lipinski definition) is 8. The number of ketones is 1. The molecule has 1 N–H and O–H groups in total. The summed E-state index contributed by atoms with van der Waals surface area (Å²) in [6.07, 6.45) is 11.3. The number of nitrogens with one attached hydrogen (secondary N) is 1. The Morgan fingerprint density at radius 3 is 1.50 bits per heavy atom. The average Bonchev–Trinajstić information content (AvgIpc) is 3.64. The van der Waals surface area contributed by atoms with Crippen molar-refractivity contribution in [3.63, 3.8) is 0 Å². The van der Waals surface area contributed by atoms with Crippen LogP contribution in [0.25, 0.3) is 0 Å². The number of para-hydroxylation sites is 1. The predicted octanol–water partition coefficient (Wildman–Crippen LogP) is 15.6. The fraction of sp³-hybridized carbons (Fsp3) is 0.597. The lowest BCUT2D eigenvalue weighted by molar-refractivity contribution is -0.784. The first kappa shape index (κ1) is 69.5. The topological polar surface area (TPSA) is 112 Å². The molecule has 0 bridgehead atoms. The van der Waals surface area contributed by atoms with Gasteiger partial charge in [-0.15, -0.1) is 0 Å². The van der Waals surface area contributed by atoms with E-state index in [2.05, 4.69) is 174 Å². The zero-order chi connectivity index (χ0) is 55.5. The van der Waals surface area contributed by atoms with Crippen molar-refractivity contribution >= 4 is 47.4 Å². The maximum Gasteiger partial charge on any atom is 0.316 e. The van der Waals surface area contributed by atoms with Crippen molar-refractivity contribution < 1.29 is 33.1 Å². The van der Waals surface area contributed by atoms with E-state index in [4.69, 9.17) is 14.0 Å². The summed E-state index contributed by atoms with van der Waals surface area (Å²) in [7, 11) is -0.794. The number of hydrogen-bond donors (Lipinski definition) is 1. The van der Waals surface area contributed by atoms with Crippen molar-refractivity contribution in [2.75, 3.05) is 5.32 Å². The Hall–Kier alpha value is -4.62. The van der Waals surface area contributed by atoms with E-state index in [-0.39, 0.29) is 29.7 Å². The lowest BCUT2D eigenvalue weighted by Crippen LogP contribution is -2.40. The summed E-state index contributed by atoms with van der Waals surface area (Å²) in [5, 5.41) is 10.7. The second-order valence-corrected chi connectivity index (χ2v) is 24.1. The fourth-order valence-electron chi connectivity index (χ4n) is 6.02. The molecule has 0 amide bonds. The summed E-state index contributed by atoms with van der Waals surface area (Å²) in [5.41, 5.74) is 1.05. The van der Waals surface area contributed by atoms with Gasteiger partial charge in [0, 0.05) is 38.0 Å². The molecular weight excluding hydrogens is 914 g/mol. The SMILES string of the molecule is CC(C)C.CC(C)C.CC(C)C.CC(C)C(=O)Oc1ccccc1P(c1ccccc1)c1ccccc1.CC(C)OC(=O)C(C)C(=O)C(C)C.CC1CC/C=C/CCC1.Cc1c(NC(C)C)on[n+]1C(C)C. The number of allylic oxidation sites excluding steroid dienone is 2. The van der Waals surface area contributed by atoms with E-state index in [0.717, 1.165) is 40.6 Å². The minimum Gasteiger partial charge on any atom is -0.462 e. The Kier molecular flexibility index (Phi) is 38.4. The number of benzene rings is 3. The van der Waals surface area contributed by atoms with E-state index in [0.29, 0.717) is 17.8 Å². The maximum atomic E-state index is 12.1. The van der Waals surface area contributed by atoms with Crippen LogP contribution in [-0.2, 0) is 19.1 Å². The van der Waals surface area contributed by atoms with Crippen molar-refractivity contribution in [2.45, 2.75) is 203 Å². The molecule has 0 spiro atoms. The number of ether oxygens (including phenoxy) is 2. The molecule has 9 nitrogen and oxygen atoms in total. The highest BCUT2D eigenvalue weighted by Gasteiger charge is 2.26. The summed E-state index contributed by atoms with van der Waals surface area (Å²) >= 11 is 0. The van der Waals surface area contributed by atoms with Gasteiger partial charge in [-0.1, -0.05) is 194 Å². The zero-order valence-corrected chi connectivity index (χ0v) is 50.2. The van der Waals surface area contributed by atoms with E-state index in [1.165, 1.54) is 42.7 Å². The van der Waals surface area contributed by atoms with Crippen LogP contribution in [-0.4, -0.2) is 35.1 Å². The molecule has 1 aromatic heterocycles. The zero-order valence-electron chi connectivity index (χ0n) is 49.3. The van der Waals surface area contributed by atoms with E-state index >= 15 is 0 Å². The van der Waals surface area contributed by atoms with Crippen molar-refractivity contribution in [1.29, 1.82) is 0 Å². The van der Waals surface area contributed by atoms with Crippen molar-refractivity contribution in [2.24, 2.45) is 41.4 Å². The summed E-state index contributed by atoms with van der Waals surface area (Å²) in [5.74, 6) is 3.28. The van der Waals surface area contributed by atoms with Crippen LogP contribution in [0, 0.1) is 48.3 Å². The third kappa shape index (κ3) is 33.9. The number of carbonyl (C=O) groups is 3. The average molecular weight is 1020 g/mol. The highest BCUT2D eigenvalue weighted by atomic mass is 31.1. The lowest BCUT2D eigenvalue weighted by Gasteiger charge is -2.22. The number of carbonyl (C=O) groups excluding carboxylic acids is 3. The van der Waals surface area contributed by atoms with Crippen molar-refractivity contribution in [3.8, 4) is 5.75 Å². The lowest BCUT2D eigenvalue weighted by atomic mass is 9.96. The van der Waals surface area contributed by atoms with Crippen LogP contribution in [0.2, 0.25) is 0 Å². The van der Waals surface area contributed by atoms with Gasteiger partial charge in [0.1, 0.15) is 17.5 Å². The molecule has 0 aliphatic heterocycles. The molecule has 0 saturated carbocycles.